The van der Waals surface area contributed by atoms with Gasteiger partial charge >= 0.3 is 6.18 Å². The number of benzene rings is 1. The van der Waals surface area contributed by atoms with E-state index >= 15 is 0 Å². The minimum absolute atomic E-state index is 0.00344. The molecule has 2 aliphatic rings. The average Bonchev–Trinajstić information content (AvgIpc) is 3.32. The lowest BCUT2D eigenvalue weighted by Gasteiger charge is -2.24. The van der Waals surface area contributed by atoms with Gasteiger partial charge in [-0.25, -0.2) is 9.97 Å². The van der Waals surface area contributed by atoms with Crippen molar-refractivity contribution in [2.45, 2.75) is 58.2 Å². The number of halogens is 3. The van der Waals surface area contributed by atoms with Gasteiger partial charge in [-0.2, -0.15) is 13.2 Å². The van der Waals surface area contributed by atoms with E-state index in [0.717, 1.165) is 18.9 Å². The molecule has 0 saturated carbocycles. The van der Waals surface area contributed by atoms with E-state index in [4.69, 9.17) is 14.2 Å². The number of aryl methyl sites for hydroxylation is 1. The second kappa shape index (κ2) is 10.9. The molecule has 0 radical (unpaired) electrons. The highest BCUT2D eigenvalue weighted by Crippen LogP contribution is 2.34. The van der Waals surface area contributed by atoms with Crippen molar-refractivity contribution in [3.05, 3.63) is 52.0 Å². The fourth-order valence-corrected chi connectivity index (χ4v) is 4.32. The molecule has 35 heavy (non-hydrogen) atoms. The van der Waals surface area contributed by atoms with Gasteiger partial charge in [0.05, 0.1) is 36.5 Å². The van der Waals surface area contributed by atoms with E-state index in [1.54, 1.807) is 13.0 Å². The van der Waals surface area contributed by atoms with Crippen LogP contribution in [0.5, 0.6) is 0 Å². The van der Waals surface area contributed by atoms with Crippen molar-refractivity contribution in [3.8, 4) is 0 Å². The zero-order valence-corrected chi connectivity index (χ0v) is 19.7. The lowest BCUT2D eigenvalue weighted by Crippen LogP contribution is -2.40. The quantitative estimate of drug-likeness (QED) is 0.607. The first-order chi connectivity index (χ1) is 16.7. The molecule has 2 N–H and O–H groups in total. The molecular weight excluding hydrogens is 465 g/mol. The molecule has 1 aromatic carbocycles. The first-order valence-electron chi connectivity index (χ1n) is 11.6. The van der Waals surface area contributed by atoms with Gasteiger partial charge in [0.1, 0.15) is 11.6 Å². The van der Waals surface area contributed by atoms with Crippen LogP contribution in [-0.4, -0.2) is 48.3 Å². The van der Waals surface area contributed by atoms with E-state index in [0.29, 0.717) is 54.9 Å². The van der Waals surface area contributed by atoms with E-state index in [9.17, 15) is 18.0 Å². The Bertz CT molecular complexity index is 1050. The van der Waals surface area contributed by atoms with Crippen LogP contribution in [0.25, 0.3) is 0 Å². The van der Waals surface area contributed by atoms with Crippen molar-refractivity contribution in [1.82, 2.24) is 15.3 Å². The summed E-state index contributed by atoms with van der Waals surface area (Å²) >= 11 is 0. The highest BCUT2D eigenvalue weighted by molar-refractivity contribution is 5.79. The number of nitrogens with one attached hydrogen (secondary N) is 2. The van der Waals surface area contributed by atoms with Crippen LogP contribution >= 0.6 is 0 Å². The van der Waals surface area contributed by atoms with Crippen molar-refractivity contribution < 1.29 is 32.2 Å². The Kier molecular flexibility index (Phi) is 7.88. The highest BCUT2D eigenvalue weighted by atomic mass is 19.4. The monoisotopic (exact) mass is 494 g/mol. The van der Waals surface area contributed by atoms with Crippen molar-refractivity contribution >= 4 is 11.7 Å². The van der Waals surface area contributed by atoms with Crippen LogP contribution in [0, 0.1) is 13.8 Å². The molecule has 0 spiro atoms. The normalized spacial score (nSPS) is 17.5. The number of rotatable bonds is 7. The number of alkyl halides is 3. The zero-order valence-electron chi connectivity index (χ0n) is 19.7. The van der Waals surface area contributed by atoms with Crippen LogP contribution < -0.4 is 10.6 Å². The SMILES string of the molecule is Cc1nc(CC(=O)NC2CCOCC2)c(C2OCCO2)c(NCc2cccc(C(F)(F)F)c2C)n1. The van der Waals surface area contributed by atoms with Gasteiger partial charge in [-0.15, -0.1) is 0 Å². The molecule has 2 fully saturated rings. The summed E-state index contributed by atoms with van der Waals surface area (Å²) in [6.45, 7) is 5.20. The van der Waals surface area contributed by atoms with Gasteiger partial charge in [0.2, 0.25) is 5.91 Å². The van der Waals surface area contributed by atoms with Crippen LogP contribution in [-0.2, 0) is 38.1 Å². The number of amides is 1. The standard InChI is InChI=1S/C24H29F3N4O4/c1-14-16(4-3-5-18(14)24(25,26)27)13-28-22-21(23-34-10-11-35-23)19(29-15(2)30-22)12-20(32)31-17-6-8-33-9-7-17/h3-5,17,23H,6-13H2,1-2H3,(H,31,32)(H,28,29,30). The number of ether oxygens (including phenoxy) is 3. The Balaban J connectivity index is 1.58. The Labute approximate surface area is 201 Å². The maximum Gasteiger partial charge on any atom is 0.416 e. The Hall–Kier alpha value is -2.76. The third-order valence-corrected chi connectivity index (χ3v) is 6.11. The third-order valence-electron chi connectivity index (χ3n) is 6.11. The molecule has 0 bridgehead atoms. The Morgan fingerprint density at radius 2 is 1.80 bits per heavy atom. The zero-order chi connectivity index (χ0) is 25.0. The second-order valence-corrected chi connectivity index (χ2v) is 8.63. The summed E-state index contributed by atoms with van der Waals surface area (Å²) in [5, 5.41) is 6.16. The maximum atomic E-state index is 13.3. The van der Waals surface area contributed by atoms with Crippen molar-refractivity contribution in [2.75, 3.05) is 31.7 Å². The van der Waals surface area contributed by atoms with Crippen LogP contribution in [0.4, 0.5) is 19.0 Å². The summed E-state index contributed by atoms with van der Waals surface area (Å²) in [7, 11) is 0. The number of anilines is 1. The smallest absolute Gasteiger partial charge is 0.381 e. The second-order valence-electron chi connectivity index (χ2n) is 8.63. The molecule has 8 nitrogen and oxygen atoms in total. The molecule has 1 aromatic heterocycles. The van der Waals surface area contributed by atoms with Gasteiger partial charge in [-0.1, -0.05) is 12.1 Å². The van der Waals surface area contributed by atoms with Gasteiger partial charge in [-0.3, -0.25) is 4.79 Å². The first kappa shape index (κ1) is 25.3. The van der Waals surface area contributed by atoms with E-state index < -0.39 is 18.0 Å². The molecule has 190 valence electrons. The number of hydrogen-bond donors (Lipinski definition) is 2. The summed E-state index contributed by atoms with van der Waals surface area (Å²) in [5.74, 6) is 0.605. The number of hydrogen-bond acceptors (Lipinski definition) is 7. The van der Waals surface area contributed by atoms with Crippen molar-refractivity contribution in [1.29, 1.82) is 0 Å². The van der Waals surface area contributed by atoms with Gasteiger partial charge < -0.3 is 24.8 Å². The van der Waals surface area contributed by atoms with Crippen molar-refractivity contribution in [2.24, 2.45) is 0 Å². The highest BCUT2D eigenvalue weighted by Gasteiger charge is 2.33. The van der Waals surface area contributed by atoms with E-state index in [1.165, 1.54) is 13.0 Å². The van der Waals surface area contributed by atoms with Gasteiger partial charge in [0.15, 0.2) is 6.29 Å². The van der Waals surface area contributed by atoms with Crippen LogP contribution in [0.15, 0.2) is 18.2 Å². The van der Waals surface area contributed by atoms with E-state index in [2.05, 4.69) is 20.6 Å². The first-order valence-corrected chi connectivity index (χ1v) is 11.6. The molecule has 11 heteroatoms. The minimum atomic E-state index is -4.44. The number of carbonyl (C=O) groups is 1. The molecule has 2 saturated heterocycles. The molecule has 1 amide bonds. The van der Waals surface area contributed by atoms with Gasteiger partial charge in [0, 0.05) is 25.8 Å². The van der Waals surface area contributed by atoms with Gasteiger partial charge in [-0.05, 0) is 43.9 Å². The molecule has 2 aromatic rings. The predicted octanol–water partition coefficient (Wildman–Crippen LogP) is 3.61. The summed E-state index contributed by atoms with van der Waals surface area (Å²) in [6.07, 6.45) is -3.71. The summed E-state index contributed by atoms with van der Waals surface area (Å²) in [6, 6.07) is 4.13. The molecule has 0 atom stereocenters. The lowest BCUT2D eigenvalue weighted by molar-refractivity contribution is -0.138. The minimum Gasteiger partial charge on any atom is -0.381 e. The molecule has 0 unspecified atom stereocenters. The molecular formula is C24H29F3N4O4. The van der Waals surface area contributed by atoms with E-state index in [-0.39, 0.29) is 30.5 Å². The molecule has 2 aliphatic heterocycles. The molecule has 4 rings (SSSR count). The lowest BCUT2D eigenvalue weighted by atomic mass is 10.0. The van der Waals surface area contributed by atoms with Crippen LogP contribution in [0.2, 0.25) is 0 Å². The Morgan fingerprint density at radius 1 is 1.09 bits per heavy atom. The molecule has 0 aliphatic carbocycles. The summed E-state index contributed by atoms with van der Waals surface area (Å²) in [5.41, 5.74) is 0.888. The average molecular weight is 495 g/mol. The maximum absolute atomic E-state index is 13.3. The van der Waals surface area contributed by atoms with E-state index in [1.807, 2.05) is 0 Å². The number of carbonyl (C=O) groups excluding carboxylic acids is 1. The fourth-order valence-electron chi connectivity index (χ4n) is 4.32. The van der Waals surface area contributed by atoms with Crippen molar-refractivity contribution in [3.63, 3.8) is 0 Å². The van der Waals surface area contributed by atoms with Crippen LogP contribution in [0.3, 0.4) is 0 Å². The number of nitrogens with zero attached hydrogens (tertiary/aromatic N) is 2. The van der Waals surface area contributed by atoms with Crippen LogP contribution in [0.1, 0.15) is 52.9 Å². The largest absolute Gasteiger partial charge is 0.416 e. The molecule has 3 heterocycles. The predicted molar refractivity (Wildman–Crippen MR) is 121 cm³/mol. The third kappa shape index (κ3) is 6.28. The summed E-state index contributed by atoms with van der Waals surface area (Å²) < 4.78 is 56.7. The number of aromatic nitrogens is 2. The topological polar surface area (TPSA) is 94.6 Å². The summed E-state index contributed by atoms with van der Waals surface area (Å²) in [4.78, 5) is 21.8. The Morgan fingerprint density at radius 3 is 2.49 bits per heavy atom. The van der Waals surface area contributed by atoms with Gasteiger partial charge in [0.25, 0.3) is 0 Å². The fraction of sp³-hybridized carbons (Fsp3) is 0.542.